The van der Waals surface area contributed by atoms with Crippen LogP contribution < -0.4 is 0 Å². The number of imidazole rings is 1. The zero-order valence-electron chi connectivity index (χ0n) is 8.73. The molecule has 0 aliphatic rings. The highest BCUT2D eigenvalue weighted by molar-refractivity contribution is 7.71. The second-order valence-corrected chi connectivity index (χ2v) is 3.85. The molecular weight excluding hydrogens is 210 g/mol. The van der Waals surface area contributed by atoms with E-state index in [0.717, 1.165) is 11.2 Å². The molecule has 4 nitrogen and oxygen atoms in total. The fourth-order valence-electron chi connectivity index (χ4n) is 1.49. The van der Waals surface area contributed by atoms with Crippen LogP contribution in [-0.2, 0) is 11.3 Å². The van der Waals surface area contributed by atoms with Crippen molar-refractivity contribution in [1.29, 1.82) is 0 Å². The number of nitrogens with zero attached hydrogens (tertiary/aromatic N) is 2. The number of aromatic amines is 1. The number of H-pyrrole nitrogens is 1. The van der Waals surface area contributed by atoms with Gasteiger partial charge in [-0.15, -0.1) is 0 Å². The lowest BCUT2D eigenvalue weighted by Crippen LogP contribution is -2.14. The molecule has 0 fully saturated rings. The summed E-state index contributed by atoms with van der Waals surface area (Å²) in [6.07, 6.45) is 1.89. The first-order valence-corrected chi connectivity index (χ1v) is 5.19. The van der Waals surface area contributed by atoms with E-state index in [1.165, 1.54) is 0 Å². The topological polar surface area (TPSA) is 42.8 Å². The molecule has 1 atom stereocenters. The van der Waals surface area contributed by atoms with Crippen molar-refractivity contribution in [2.24, 2.45) is 0 Å². The van der Waals surface area contributed by atoms with Crippen molar-refractivity contribution < 1.29 is 4.74 Å². The van der Waals surface area contributed by atoms with Gasteiger partial charge in [0.15, 0.2) is 10.4 Å². The van der Waals surface area contributed by atoms with E-state index in [9.17, 15) is 0 Å². The summed E-state index contributed by atoms with van der Waals surface area (Å²) in [4.78, 5) is 7.42. The number of fused-ring (bicyclic) bond motifs is 1. The minimum atomic E-state index is 0.123. The van der Waals surface area contributed by atoms with Crippen molar-refractivity contribution in [3.63, 3.8) is 0 Å². The summed E-state index contributed by atoms with van der Waals surface area (Å²) in [5.74, 6) is 0. The minimum Gasteiger partial charge on any atom is -0.380 e. The number of hydrogen-bond donors (Lipinski definition) is 1. The van der Waals surface area contributed by atoms with Crippen LogP contribution in [0.25, 0.3) is 11.2 Å². The summed E-state index contributed by atoms with van der Waals surface area (Å²) in [6.45, 7) is 2.72. The molecule has 0 spiro atoms. The molecule has 2 heterocycles. The SMILES string of the molecule is COC(C)Cn1c(=S)[nH]c2cccnc21. The highest BCUT2D eigenvalue weighted by Gasteiger charge is 2.07. The van der Waals surface area contributed by atoms with E-state index in [1.54, 1.807) is 13.3 Å². The summed E-state index contributed by atoms with van der Waals surface area (Å²) in [7, 11) is 1.69. The quantitative estimate of drug-likeness (QED) is 0.811. The van der Waals surface area contributed by atoms with Crippen molar-refractivity contribution in [2.75, 3.05) is 7.11 Å². The Hall–Kier alpha value is -1.20. The Kier molecular flexibility index (Phi) is 2.83. The van der Waals surface area contributed by atoms with Gasteiger partial charge in [0.25, 0.3) is 0 Å². The highest BCUT2D eigenvalue weighted by atomic mass is 32.1. The normalized spacial score (nSPS) is 13.2. The van der Waals surface area contributed by atoms with E-state index in [2.05, 4.69) is 9.97 Å². The van der Waals surface area contributed by atoms with Gasteiger partial charge in [0, 0.05) is 13.3 Å². The average molecular weight is 223 g/mol. The predicted molar refractivity (Wildman–Crippen MR) is 61.4 cm³/mol. The monoisotopic (exact) mass is 223 g/mol. The van der Waals surface area contributed by atoms with Crippen molar-refractivity contribution in [3.05, 3.63) is 23.1 Å². The molecular formula is C10H13N3OS. The van der Waals surface area contributed by atoms with Crippen LogP contribution in [-0.4, -0.2) is 27.7 Å². The third kappa shape index (κ3) is 1.93. The first kappa shape index (κ1) is 10.3. The Balaban J connectivity index is 2.50. The van der Waals surface area contributed by atoms with E-state index in [4.69, 9.17) is 17.0 Å². The van der Waals surface area contributed by atoms with Crippen molar-refractivity contribution >= 4 is 23.4 Å². The minimum absolute atomic E-state index is 0.123. The maximum Gasteiger partial charge on any atom is 0.179 e. The smallest absolute Gasteiger partial charge is 0.179 e. The van der Waals surface area contributed by atoms with Crippen LogP contribution in [0.3, 0.4) is 0 Å². The molecule has 0 saturated heterocycles. The van der Waals surface area contributed by atoms with E-state index in [1.807, 2.05) is 23.6 Å². The lowest BCUT2D eigenvalue weighted by molar-refractivity contribution is 0.104. The zero-order chi connectivity index (χ0) is 10.8. The number of pyridine rings is 1. The molecule has 80 valence electrons. The van der Waals surface area contributed by atoms with Crippen molar-refractivity contribution in [1.82, 2.24) is 14.5 Å². The highest BCUT2D eigenvalue weighted by Crippen LogP contribution is 2.11. The fourth-order valence-corrected chi connectivity index (χ4v) is 1.76. The van der Waals surface area contributed by atoms with E-state index in [0.29, 0.717) is 11.3 Å². The van der Waals surface area contributed by atoms with Crippen LogP contribution in [0.4, 0.5) is 0 Å². The van der Waals surface area contributed by atoms with Crippen LogP contribution >= 0.6 is 12.2 Å². The van der Waals surface area contributed by atoms with Gasteiger partial charge in [-0.05, 0) is 31.3 Å². The number of nitrogens with one attached hydrogen (secondary N) is 1. The predicted octanol–water partition coefficient (Wildman–Crippen LogP) is 2.13. The molecule has 5 heteroatoms. The fraction of sp³-hybridized carbons (Fsp3) is 0.400. The Morgan fingerprint density at radius 3 is 3.20 bits per heavy atom. The summed E-state index contributed by atoms with van der Waals surface area (Å²) in [6, 6.07) is 3.85. The molecule has 0 saturated carbocycles. The Bertz CT molecular complexity index is 517. The van der Waals surface area contributed by atoms with Crippen LogP contribution in [0.15, 0.2) is 18.3 Å². The summed E-state index contributed by atoms with van der Waals surface area (Å²) in [5.41, 5.74) is 1.84. The first-order chi connectivity index (χ1) is 7.22. The third-order valence-corrected chi connectivity index (χ3v) is 2.69. The van der Waals surface area contributed by atoms with E-state index in [-0.39, 0.29) is 6.10 Å². The average Bonchev–Trinajstić information content (AvgIpc) is 2.55. The second kappa shape index (κ2) is 4.12. The molecule has 0 radical (unpaired) electrons. The molecule has 2 aromatic rings. The third-order valence-electron chi connectivity index (χ3n) is 2.37. The molecule has 0 aliphatic heterocycles. The van der Waals surface area contributed by atoms with Gasteiger partial charge < -0.3 is 9.72 Å². The summed E-state index contributed by atoms with van der Waals surface area (Å²) >= 11 is 5.23. The molecule has 0 aromatic carbocycles. The lowest BCUT2D eigenvalue weighted by atomic mass is 10.4. The molecule has 1 N–H and O–H groups in total. The van der Waals surface area contributed by atoms with E-state index < -0.39 is 0 Å². The number of aromatic nitrogens is 3. The maximum absolute atomic E-state index is 5.23. The van der Waals surface area contributed by atoms with Crippen molar-refractivity contribution in [2.45, 2.75) is 19.6 Å². The van der Waals surface area contributed by atoms with Gasteiger partial charge in [-0.3, -0.25) is 4.57 Å². The van der Waals surface area contributed by atoms with Gasteiger partial charge in [-0.1, -0.05) is 0 Å². The molecule has 1 unspecified atom stereocenters. The second-order valence-electron chi connectivity index (χ2n) is 3.46. The Morgan fingerprint density at radius 2 is 2.47 bits per heavy atom. The lowest BCUT2D eigenvalue weighted by Gasteiger charge is -2.10. The van der Waals surface area contributed by atoms with Gasteiger partial charge in [0.1, 0.15) is 0 Å². The molecule has 2 rings (SSSR count). The number of methoxy groups -OCH3 is 1. The van der Waals surface area contributed by atoms with Crippen molar-refractivity contribution in [3.8, 4) is 0 Å². The number of rotatable bonds is 3. The van der Waals surface area contributed by atoms with Crippen LogP contribution in [0.2, 0.25) is 0 Å². The van der Waals surface area contributed by atoms with Crippen LogP contribution in [0.5, 0.6) is 0 Å². The first-order valence-electron chi connectivity index (χ1n) is 4.78. The van der Waals surface area contributed by atoms with Gasteiger partial charge in [-0.2, -0.15) is 0 Å². The Labute approximate surface area is 92.9 Å². The maximum atomic E-state index is 5.23. The van der Waals surface area contributed by atoms with Crippen LogP contribution in [0, 0.1) is 4.77 Å². The zero-order valence-corrected chi connectivity index (χ0v) is 9.54. The summed E-state index contributed by atoms with van der Waals surface area (Å²) < 4.78 is 7.86. The van der Waals surface area contributed by atoms with Gasteiger partial charge in [0.05, 0.1) is 18.2 Å². The van der Waals surface area contributed by atoms with Gasteiger partial charge >= 0.3 is 0 Å². The van der Waals surface area contributed by atoms with Crippen LogP contribution in [0.1, 0.15) is 6.92 Å². The van der Waals surface area contributed by atoms with E-state index >= 15 is 0 Å². The molecule has 15 heavy (non-hydrogen) atoms. The largest absolute Gasteiger partial charge is 0.380 e. The summed E-state index contributed by atoms with van der Waals surface area (Å²) in [5, 5.41) is 0. The van der Waals surface area contributed by atoms with Gasteiger partial charge in [0.2, 0.25) is 0 Å². The molecule has 0 bridgehead atoms. The number of hydrogen-bond acceptors (Lipinski definition) is 3. The standard InChI is InChI=1S/C10H13N3OS/c1-7(14-2)6-13-9-8(12-10(13)15)4-3-5-11-9/h3-5,7H,6H2,1-2H3,(H,12,15). The molecule has 0 amide bonds. The Morgan fingerprint density at radius 1 is 1.67 bits per heavy atom. The molecule has 2 aromatic heterocycles. The number of ether oxygens (including phenoxy) is 1. The van der Waals surface area contributed by atoms with Gasteiger partial charge in [-0.25, -0.2) is 4.98 Å². The molecule has 0 aliphatic carbocycles.